The van der Waals surface area contributed by atoms with Crippen LogP contribution in [0.5, 0.6) is 0 Å². The van der Waals surface area contributed by atoms with Gasteiger partial charge < -0.3 is 15.1 Å². The summed E-state index contributed by atoms with van der Waals surface area (Å²) >= 11 is 0. The third-order valence-electron chi connectivity index (χ3n) is 7.13. The van der Waals surface area contributed by atoms with E-state index in [1.54, 1.807) is 0 Å². The highest BCUT2D eigenvalue weighted by atomic mass is 16.2. The predicted molar refractivity (Wildman–Crippen MR) is 121 cm³/mol. The van der Waals surface area contributed by atoms with Crippen LogP contribution in [0.15, 0.2) is 42.5 Å². The molecule has 3 heterocycles. The number of nitrogens with one attached hydrogen (secondary N) is 1. The molecule has 3 amide bonds. The summed E-state index contributed by atoms with van der Waals surface area (Å²) in [6, 6.07) is 14.4. The summed E-state index contributed by atoms with van der Waals surface area (Å²) in [6.45, 7) is 5.86. The van der Waals surface area contributed by atoms with Crippen LogP contribution >= 0.6 is 0 Å². The first-order valence-electron chi connectivity index (χ1n) is 11.3. The number of anilines is 1. The quantitative estimate of drug-likeness (QED) is 0.811. The topological polar surface area (TPSA) is 66.8 Å². The van der Waals surface area contributed by atoms with Gasteiger partial charge in [0.15, 0.2) is 0 Å². The van der Waals surface area contributed by atoms with Crippen LogP contribution in [0.4, 0.5) is 16.2 Å². The van der Waals surface area contributed by atoms with Crippen LogP contribution in [0.2, 0.25) is 0 Å². The second-order valence-corrected chi connectivity index (χ2v) is 8.97. The van der Waals surface area contributed by atoms with Crippen molar-refractivity contribution in [2.24, 2.45) is 0 Å². The summed E-state index contributed by atoms with van der Waals surface area (Å²) in [7, 11) is 0. The lowest BCUT2D eigenvalue weighted by Crippen LogP contribution is -2.48. The van der Waals surface area contributed by atoms with Gasteiger partial charge in [-0.2, -0.15) is 5.32 Å². The molecule has 0 atom stereocenters. The molecular formula is C25H29N4O2. The Morgan fingerprint density at radius 3 is 2.48 bits per heavy atom. The van der Waals surface area contributed by atoms with Crippen molar-refractivity contribution < 1.29 is 9.59 Å². The average Bonchev–Trinajstić information content (AvgIpc) is 3.18. The molecule has 0 spiro atoms. The monoisotopic (exact) mass is 417 g/mol. The van der Waals surface area contributed by atoms with Crippen molar-refractivity contribution in [3.63, 3.8) is 0 Å². The number of hydrogen-bond acceptors (Lipinski definition) is 3. The van der Waals surface area contributed by atoms with Crippen molar-refractivity contribution in [2.75, 3.05) is 31.5 Å². The second kappa shape index (κ2) is 8.35. The van der Waals surface area contributed by atoms with E-state index in [9.17, 15) is 9.59 Å². The van der Waals surface area contributed by atoms with Gasteiger partial charge in [-0.25, -0.2) is 4.79 Å². The number of urea groups is 1. The van der Waals surface area contributed by atoms with Crippen molar-refractivity contribution >= 4 is 23.3 Å². The number of rotatable bonds is 3. The summed E-state index contributed by atoms with van der Waals surface area (Å²) < 4.78 is 0. The summed E-state index contributed by atoms with van der Waals surface area (Å²) in [5.74, 6) is 0.695. The number of nitrogens with zero attached hydrogens (tertiary/aromatic N) is 3. The molecule has 31 heavy (non-hydrogen) atoms. The maximum absolute atomic E-state index is 12.9. The number of likely N-dealkylation sites (tertiary alicyclic amines) is 2. The molecule has 2 aromatic rings. The summed E-state index contributed by atoms with van der Waals surface area (Å²) in [5, 5.41) is 6.81. The molecule has 161 valence electrons. The molecule has 2 aromatic carbocycles. The van der Waals surface area contributed by atoms with Gasteiger partial charge in [0.1, 0.15) is 0 Å². The van der Waals surface area contributed by atoms with Crippen LogP contribution in [-0.4, -0.2) is 54.0 Å². The van der Waals surface area contributed by atoms with Crippen molar-refractivity contribution in [1.29, 1.82) is 0 Å². The minimum Gasteiger partial charge on any atom is -0.339 e. The van der Waals surface area contributed by atoms with Crippen LogP contribution < -0.4 is 10.6 Å². The molecule has 2 saturated heterocycles. The Kier molecular flexibility index (Phi) is 5.40. The van der Waals surface area contributed by atoms with E-state index in [1.807, 2.05) is 42.2 Å². The molecule has 0 unspecified atom stereocenters. The summed E-state index contributed by atoms with van der Waals surface area (Å²) in [4.78, 5) is 29.0. The highest BCUT2D eigenvalue weighted by molar-refractivity contribution is 6.02. The Labute approximate surface area is 183 Å². The number of fused-ring (bicyclic) bond motifs is 1. The van der Waals surface area contributed by atoms with Crippen LogP contribution in [-0.2, 0) is 0 Å². The van der Waals surface area contributed by atoms with Gasteiger partial charge in [-0.15, -0.1) is 0 Å². The van der Waals surface area contributed by atoms with Crippen LogP contribution in [0.3, 0.4) is 0 Å². The van der Waals surface area contributed by atoms with Gasteiger partial charge in [0, 0.05) is 24.7 Å². The number of amides is 3. The Bertz CT molecular complexity index is 989. The molecule has 6 heteroatoms. The van der Waals surface area contributed by atoms with Crippen molar-refractivity contribution in [3.05, 3.63) is 59.2 Å². The molecular weight excluding hydrogens is 388 g/mol. The fourth-order valence-corrected chi connectivity index (χ4v) is 5.27. The summed E-state index contributed by atoms with van der Waals surface area (Å²) in [5.41, 5.74) is 4.77. The molecule has 3 aliphatic heterocycles. The number of carbonyl (C=O) groups excluding carboxylic acids is 2. The molecule has 0 bridgehead atoms. The number of piperidine rings is 2. The Balaban J connectivity index is 1.14. The third kappa shape index (κ3) is 4.04. The molecule has 1 N–H and O–H groups in total. The number of hydrogen-bond donors (Lipinski definition) is 1. The molecule has 6 nitrogen and oxygen atoms in total. The zero-order valence-electron chi connectivity index (χ0n) is 18.0. The molecule has 2 fully saturated rings. The minimum absolute atomic E-state index is 0.172. The van der Waals surface area contributed by atoms with Crippen molar-refractivity contribution in [1.82, 2.24) is 15.1 Å². The molecule has 0 aromatic heterocycles. The summed E-state index contributed by atoms with van der Waals surface area (Å²) in [6.07, 6.45) is 4.35. The predicted octanol–water partition coefficient (Wildman–Crippen LogP) is 4.26. The number of carbonyl (C=O) groups is 2. The standard InChI is InChI=1S/C25H29N4O2/c1-17-4-2-3-5-21(17)24(30)29-14-10-20(11-15-29)28-12-8-18(9-13-28)19-6-7-22-23(16-19)27-25(31)26-22/h2-7,16,18,20H,8-15H2,1H3,(H,26,31). The molecule has 0 aliphatic carbocycles. The Hall–Kier alpha value is -2.86. The van der Waals surface area contributed by atoms with E-state index in [4.69, 9.17) is 0 Å². The van der Waals surface area contributed by atoms with Gasteiger partial charge in [0.2, 0.25) is 0 Å². The first-order valence-corrected chi connectivity index (χ1v) is 11.3. The molecule has 0 saturated carbocycles. The lowest BCUT2D eigenvalue weighted by atomic mass is 9.87. The zero-order chi connectivity index (χ0) is 21.4. The largest absolute Gasteiger partial charge is 0.346 e. The van der Waals surface area contributed by atoms with E-state index in [-0.39, 0.29) is 11.9 Å². The van der Waals surface area contributed by atoms with Crippen molar-refractivity contribution in [3.8, 4) is 0 Å². The molecule has 1 radical (unpaired) electrons. The van der Waals surface area contributed by atoms with E-state index in [0.29, 0.717) is 12.0 Å². The third-order valence-corrected chi connectivity index (χ3v) is 7.13. The molecule has 3 aliphatic rings. The lowest BCUT2D eigenvalue weighted by molar-refractivity contribution is 0.0577. The fourth-order valence-electron chi connectivity index (χ4n) is 5.27. The maximum Gasteiger partial charge on any atom is 0.346 e. The van der Waals surface area contributed by atoms with Gasteiger partial charge in [-0.05, 0) is 80.9 Å². The van der Waals surface area contributed by atoms with Gasteiger partial charge in [0.05, 0.1) is 11.4 Å². The lowest BCUT2D eigenvalue weighted by Gasteiger charge is -2.42. The van der Waals surface area contributed by atoms with E-state index in [2.05, 4.69) is 27.7 Å². The minimum atomic E-state index is -0.269. The van der Waals surface area contributed by atoms with Gasteiger partial charge in [-0.1, -0.05) is 24.3 Å². The van der Waals surface area contributed by atoms with Crippen molar-refractivity contribution in [2.45, 2.75) is 44.6 Å². The first kappa shape index (κ1) is 20.1. The van der Waals surface area contributed by atoms with Crippen LogP contribution in [0.1, 0.15) is 53.1 Å². The van der Waals surface area contributed by atoms with E-state index in [0.717, 1.165) is 74.4 Å². The van der Waals surface area contributed by atoms with Gasteiger partial charge in [0.25, 0.3) is 5.91 Å². The highest BCUT2D eigenvalue weighted by Crippen LogP contribution is 2.35. The number of aryl methyl sites for hydroxylation is 1. The Morgan fingerprint density at radius 2 is 1.74 bits per heavy atom. The zero-order valence-corrected chi connectivity index (χ0v) is 18.0. The molecule has 5 rings (SSSR count). The SMILES string of the molecule is Cc1ccccc1C(=O)N1CCC(N2CCC(c3ccc4c(c3)[N]C(=O)N4)CC2)CC1. The average molecular weight is 418 g/mol. The van der Waals surface area contributed by atoms with E-state index >= 15 is 0 Å². The smallest absolute Gasteiger partial charge is 0.339 e. The van der Waals surface area contributed by atoms with E-state index in [1.165, 1.54) is 5.56 Å². The fraction of sp³-hybridized carbons (Fsp3) is 0.440. The first-order chi connectivity index (χ1) is 15.1. The normalized spacial score (nSPS) is 20.3. The second-order valence-electron chi connectivity index (χ2n) is 8.97. The number of benzene rings is 2. The highest BCUT2D eigenvalue weighted by Gasteiger charge is 2.31. The van der Waals surface area contributed by atoms with Gasteiger partial charge in [-0.3, -0.25) is 4.79 Å². The van der Waals surface area contributed by atoms with Crippen LogP contribution in [0.25, 0.3) is 0 Å². The van der Waals surface area contributed by atoms with Gasteiger partial charge >= 0.3 is 6.03 Å². The Morgan fingerprint density at radius 1 is 1.00 bits per heavy atom. The maximum atomic E-state index is 12.9. The van der Waals surface area contributed by atoms with Crippen LogP contribution in [0, 0.1) is 6.92 Å². The van der Waals surface area contributed by atoms with E-state index < -0.39 is 0 Å².